The molecule has 2 N–H and O–H groups in total. The smallest absolute Gasteiger partial charge is 0.137 e. The monoisotopic (exact) mass is 233 g/mol. The highest BCUT2D eigenvalue weighted by Gasteiger charge is 2.24. The van der Waals surface area contributed by atoms with Gasteiger partial charge in [-0.2, -0.15) is 5.10 Å². The van der Waals surface area contributed by atoms with Gasteiger partial charge in [0.15, 0.2) is 0 Å². The van der Waals surface area contributed by atoms with E-state index in [-0.39, 0.29) is 5.41 Å². The van der Waals surface area contributed by atoms with E-state index in [2.05, 4.69) is 25.9 Å². The molecule has 0 amide bonds. The summed E-state index contributed by atoms with van der Waals surface area (Å²) in [6, 6.07) is 3.86. The third-order valence-electron chi connectivity index (χ3n) is 2.67. The standard InChI is InChI=1S/C13H19N3O/c1-13(2,3)12-10(8-16(4)15-12)11-6-5-9(7-14)17-11/h5-6,8H,7,14H2,1-4H3. The molecule has 4 nitrogen and oxygen atoms in total. The number of rotatable bonds is 2. The Morgan fingerprint density at radius 1 is 1.35 bits per heavy atom. The molecule has 2 heterocycles. The fourth-order valence-electron chi connectivity index (χ4n) is 1.86. The van der Waals surface area contributed by atoms with Crippen molar-refractivity contribution in [3.8, 4) is 11.3 Å². The van der Waals surface area contributed by atoms with Gasteiger partial charge in [-0.15, -0.1) is 0 Å². The predicted octanol–water partition coefficient (Wildman–Crippen LogP) is 2.44. The van der Waals surface area contributed by atoms with Crippen LogP contribution < -0.4 is 5.73 Å². The van der Waals surface area contributed by atoms with Gasteiger partial charge < -0.3 is 10.2 Å². The number of aryl methyl sites for hydroxylation is 1. The zero-order valence-electron chi connectivity index (χ0n) is 10.8. The van der Waals surface area contributed by atoms with Gasteiger partial charge in [-0.1, -0.05) is 20.8 Å². The van der Waals surface area contributed by atoms with Crippen molar-refractivity contribution >= 4 is 0 Å². The van der Waals surface area contributed by atoms with Crippen LogP contribution in [0.4, 0.5) is 0 Å². The third kappa shape index (κ3) is 2.26. The van der Waals surface area contributed by atoms with Crippen molar-refractivity contribution in [2.75, 3.05) is 0 Å². The van der Waals surface area contributed by atoms with Crippen molar-refractivity contribution in [3.05, 3.63) is 29.8 Å². The van der Waals surface area contributed by atoms with Gasteiger partial charge in [-0.05, 0) is 12.1 Å². The molecule has 2 aromatic rings. The summed E-state index contributed by atoms with van der Waals surface area (Å²) in [6.45, 7) is 6.86. The molecule has 0 radical (unpaired) electrons. The Hall–Kier alpha value is -1.55. The number of hydrogen-bond acceptors (Lipinski definition) is 3. The highest BCUT2D eigenvalue weighted by molar-refractivity contribution is 5.61. The first-order valence-electron chi connectivity index (χ1n) is 5.75. The quantitative estimate of drug-likeness (QED) is 0.866. The van der Waals surface area contributed by atoms with Crippen LogP contribution in [0, 0.1) is 0 Å². The molecule has 17 heavy (non-hydrogen) atoms. The largest absolute Gasteiger partial charge is 0.460 e. The predicted molar refractivity (Wildman–Crippen MR) is 67.5 cm³/mol. The van der Waals surface area contributed by atoms with E-state index < -0.39 is 0 Å². The van der Waals surface area contributed by atoms with Gasteiger partial charge in [0.05, 0.1) is 17.8 Å². The molecular weight excluding hydrogens is 214 g/mol. The highest BCUT2D eigenvalue weighted by Crippen LogP contribution is 2.32. The topological polar surface area (TPSA) is 57.0 Å². The zero-order valence-corrected chi connectivity index (χ0v) is 10.8. The Balaban J connectivity index is 2.51. The number of hydrogen-bond donors (Lipinski definition) is 1. The lowest BCUT2D eigenvalue weighted by molar-refractivity contribution is 0.518. The second kappa shape index (κ2) is 4.04. The molecule has 92 valence electrons. The van der Waals surface area contributed by atoms with E-state index in [9.17, 15) is 0 Å². The van der Waals surface area contributed by atoms with Crippen LogP contribution in [0.15, 0.2) is 22.7 Å². The number of furan rings is 1. The average Bonchev–Trinajstić information content (AvgIpc) is 2.81. The van der Waals surface area contributed by atoms with Crippen molar-refractivity contribution in [1.82, 2.24) is 9.78 Å². The molecule has 0 spiro atoms. The van der Waals surface area contributed by atoms with Crippen LogP contribution in [0.25, 0.3) is 11.3 Å². The summed E-state index contributed by atoms with van der Waals surface area (Å²) in [5.41, 5.74) is 7.63. The normalized spacial score (nSPS) is 12.1. The summed E-state index contributed by atoms with van der Waals surface area (Å²) in [7, 11) is 1.92. The number of aromatic nitrogens is 2. The lowest BCUT2D eigenvalue weighted by atomic mass is 9.89. The molecule has 0 saturated carbocycles. The second-order valence-electron chi connectivity index (χ2n) is 5.29. The van der Waals surface area contributed by atoms with Gasteiger partial charge in [0.2, 0.25) is 0 Å². The Morgan fingerprint density at radius 3 is 2.59 bits per heavy atom. The van der Waals surface area contributed by atoms with Gasteiger partial charge in [0.25, 0.3) is 0 Å². The van der Waals surface area contributed by atoms with Gasteiger partial charge in [0, 0.05) is 18.7 Å². The summed E-state index contributed by atoms with van der Waals surface area (Å²) >= 11 is 0. The molecule has 2 aromatic heterocycles. The molecule has 2 rings (SSSR count). The van der Waals surface area contributed by atoms with Crippen LogP contribution in [-0.4, -0.2) is 9.78 Å². The first kappa shape index (κ1) is 11.9. The Kier molecular flexibility index (Phi) is 2.83. The van der Waals surface area contributed by atoms with E-state index in [1.165, 1.54) is 0 Å². The lowest BCUT2D eigenvalue weighted by Crippen LogP contribution is -2.13. The molecule has 0 aliphatic rings. The minimum Gasteiger partial charge on any atom is -0.460 e. The number of nitrogens with zero attached hydrogens (tertiary/aromatic N) is 2. The molecule has 4 heteroatoms. The van der Waals surface area contributed by atoms with Crippen molar-refractivity contribution in [3.63, 3.8) is 0 Å². The van der Waals surface area contributed by atoms with E-state index in [1.54, 1.807) is 0 Å². The SMILES string of the molecule is Cn1cc(-c2ccc(CN)o2)c(C(C)(C)C)n1. The Labute approximate surface area is 101 Å². The van der Waals surface area contributed by atoms with E-state index in [0.29, 0.717) is 6.54 Å². The molecule has 0 fully saturated rings. The van der Waals surface area contributed by atoms with Crippen molar-refractivity contribution in [2.45, 2.75) is 32.7 Å². The molecular formula is C13H19N3O. The van der Waals surface area contributed by atoms with E-state index in [1.807, 2.05) is 30.1 Å². The van der Waals surface area contributed by atoms with Crippen LogP contribution in [0.5, 0.6) is 0 Å². The van der Waals surface area contributed by atoms with E-state index >= 15 is 0 Å². The van der Waals surface area contributed by atoms with Crippen molar-refractivity contribution in [2.24, 2.45) is 12.8 Å². The maximum atomic E-state index is 5.69. The molecule has 0 aromatic carbocycles. The summed E-state index contributed by atoms with van der Waals surface area (Å²) in [4.78, 5) is 0. The molecule has 0 aliphatic carbocycles. The maximum absolute atomic E-state index is 5.69. The summed E-state index contributed by atoms with van der Waals surface area (Å²) in [5, 5.41) is 4.52. The first-order chi connectivity index (χ1) is 7.91. The number of nitrogens with two attached hydrogens (primary N) is 1. The summed E-state index contributed by atoms with van der Waals surface area (Å²) in [5.74, 6) is 1.63. The van der Waals surface area contributed by atoms with Gasteiger partial charge in [-0.3, -0.25) is 4.68 Å². The molecule has 0 atom stereocenters. The van der Waals surface area contributed by atoms with Crippen LogP contribution in [-0.2, 0) is 19.0 Å². The molecule has 0 bridgehead atoms. The van der Waals surface area contributed by atoms with Gasteiger partial charge >= 0.3 is 0 Å². The van der Waals surface area contributed by atoms with Crippen LogP contribution in [0.1, 0.15) is 32.2 Å². The first-order valence-corrected chi connectivity index (χ1v) is 5.75. The zero-order chi connectivity index (χ0) is 12.6. The van der Waals surface area contributed by atoms with Gasteiger partial charge in [-0.25, -0.2) is 0 Å². The summed E-state index contributed by atoms with van der Waals surface area (Å²) < 4.78 is 7.51. The minimum atomic E-state index is -0.00768. The Bertz CT molecular complexity index is 517. The molecule has 0 saturated heterocycles. The minimum absolute atomic E-state index is 0.00768. The van der Waals surface area contributed by atoms with Crippen LogP contribution in [0.3, 0.4) is 0 Å². The van der Waals surface area contributed by atoms with Crippen LogP contribution >= 0.6 is 0 Å². The molecule has 0 aliphatic heterocycles. The van der Waals surface area contributed by atoms with Gasteiger partial charge in [0.1, 0.15) is 11.5 Å². The molecule has 0 unspecified atom stereocenters. The summed E-state index contributed by atoms with van der Waals surface area (Å²) in [6.07, 6.45) is 1.99. The second-order valence-corrected chi connectivity index (χ2v) is 5.29. The van der Waals surface area contributed by atoms with E-state index in [4.69, 9.17) is 10.2 Å². The Morgan fingerprint density at radius 2 is 2.06 bits per heavy atom. The van der Waals surface area contributed by atoms with Crippen molar-refractivity contribution < 1.29 is 4.42 Å². The third-order valence-corrected chi connectivity index (χ3v) is 2.67. The lowest BCUT2D eigenvalue weighted by Gasteiger charge is -2.16. The van der Waals surface area contributed by atoms with Crippen molar-refractivity contribution in [1.29, 1.82) is 0 Å². The fourth-order valence-corrected chi connectivity index (χ4v) is 1.86. The maximum Gasteiger partial charge on any atom is 0.137 e. The average molecular weight is 233 g/mol. The highest BCUT2D eigenvalue weighted by atomic mass is 16.3. The fraction of sp³-hybridized carbons (Fsp3) is 0.462. The van der Waals surface area contributed by atoms with E-state index in [0.717, 1.165) is 22.8 Å². The van der Waals surface area contributed by atoms with Crippen LogP contribution in [0.2, 0.25) is 0 Å².